The van der Waals surface area contributed by atoms with Crippen molar-refractivity contribution >= 4 is 21.6 Å². The molecule has 0 amide bonds. The molecule has 1 N–H and O–H groups in total. The molecule has 0 aliphatic carbocycles. The number of rotatable bonds is 4. The number of benzene rings is 2. The predicted octanol–water partition coefficient (Wildman–Crippen LogP) is 4.41. The van der Waals surface area contributed by atoms with Gasteiger partial charge in [0.05, 0.1) is 0 Å². The van der Waals surface area contributed by atoms with Gasteiger partial charge in [-0.3, -0.25) is 0 Å². The van der Waals surface area contributed by atoms with Crippen LogP contribution in [-0.4, -0.2) is 6.54 Å². The van der Waals surface area contributed by atoms with E-state index in [0.717, 1.165) is 17.4 Å². The van der Waals surface area contributed by atoms with Crippen molar-refractivity contribution in [2.45, 2.75) is 13.3 Å². The van der Waals surface area contributed by atoms with Crippen LogP contribution < -0.4 is 5.32 Å². The summed E-state index contributed by atoms with van der Waals surface area (Å²) in [6.07, 6.45) is 1.04. The first kappa shape index (κ1) is 12.2. The Balaban J connectivity index is 1.92. The smallest absolute Gasteiger partial charge is 0.0487 e. The van der Waals surface area contributed by atoms with Crippen LogP contribution in [0.5, 0.6) is 0 Å². The third-order valence-electron chi connectivity index (χ3n) is 2.69. The first-order chi connectivity index (χ1) is 8.25. The summed E-state index contributed by atoms with van der Waals surface area (Å²) in [7, 11) is 0. The van der Waals surface area contributed by atoms with Gasteiger partial charge in [-0.1, -0.05) is 36.4 Å². The Hall–Kier alpha value is -1.28. The largest absolute Gasteiger partial charge is 0.384 e. The van der Waals surface area contributed by atoms with Gasteiger partial charge in [-0.15, -0.1) is 0 Å². The van der Waals surface area contributed by atoms with Crippen molar-refractivity contribution in [2.24, 2.45) is 0 Å². The van der Waals surface area contributed by atoms with E-state index in [4.69, 9.17) is 0 Å². The molecule has 2 aromatic carbocycles. The standard InChI is InChI=1S/C15H16BrN/c1-12-7-8-14(16)15(11-12)17-10-9-13-5-3-2-4-6-13/h2-8,11,17H,9-10H2,1H3. The lowest BCUT2D eigenvalue weighted by molar-refractivity contribution is 1.02. The quantitative estimate of drug-likeness (QED) is 0.879. The predicted molar refractivity (Wildman–Crippen MR) is 77.5 cm³/mol. The molecule has 17 heavy (non-hydrogen) atoms. The van der Waals surface area contributed by atoms with E-state index < -0.39 is 0 Å². The SMILES string of the molecule is Cc1ccc(Br)c(NCCc2ccccc2)c1. The lowest BCUT2D eigenvalue weighted by Gasteiger charge is -2.09. The molecule has 88 valence electrons. The summed E-state index contributed by atoms with van der Waals surface area (Å²) < 4.78 is 1.12. The molecule has 0 atom stereocenters. The molecular formula is C15H16BrN. The van der Waals surface area contributed by atoms with Crippen LogP contribution in [0, 0.1) is 6.92 Å². The molecule has 0 fully saturated rings. The Kier molecular flexibility index (Phi) is 4.21. The highest BCUT2D eigenvalue weighted by Gasteiger charge is 1.99. The van der Waals surface area contributed by atoms with E-state index >= 15 is 0 Å². The highest BCUT2D eigenvalue weighted by molar-refractivity contribution is 9.10. The third kappa shape index (κ3) is 3.60. The van der Waals surface area contributed by atoms with Crippen LogP contribution in [0.3, 0.4) is 0 Å². The monoisotopic (exact) mass is 289 g/mol. The zero-order valence-electron chi connectivity index (χ0n) is 9.91. The lowest BCUT2D eigenvalue weighted by Crippen LogP contribution is -2.05. The minimum Gasteiger partial charge on any atom is -0.384 e. The van der Waals surface area contributed by atoms with Gasteiger partial charge in [0, 0.05) is 16.7 Å². The van der Waals surface area contributed by atoms with Crippen molar-refractivity contribution in [1.29, 1.82) is 0 Å². The van der Waals surface area contributed by atoms with Crippen molar-refractivity contribution in [3.05, 3.63) is 64.1 Å². The van der Waals surface area contributed by atoms with Crippen LogP contribution in [0.4, 0.5) is 5.69 Å². The fraction of sp³-hybridized carbons (Fsp3) is 0.200. The number of hydrogen-bond donors (Lipinski definition) is 1. The number of halogens is 1. The minimum absolute atomic E-state index is 0.950. The second-order valence-corrected chi connectivity index (χ2v) is 5.00. The molecule has 2 aromatic rings. The maximum absolute atomic E-state index is 3.55. The van der Waals surface area contributed by atoms with Crippen molar-refractivity contribution in [2.75, 3.05) is 11.9 Å². The van der Waals surface area contributed by atoms with Crippen LogP contribution >= 0.6 is 15.9 Å². The van der Waals surface area contributed by atoms with Crippen LogP contribution in [0.15, 0.2) is 53.0 Å². The lowest BCUT2D eigenvalue weighted by atomic mass is 10.1. The Morgan fingerprint density at radius 1 is 1.06 bits per heavy atom. The third-order valence-corrected chi connectivity index (χ3v) is 3.39. The minimum atomic E-state index is 0.950. The number of hydrogen-bond acceptors (Lipinski definition) is 1. The molecular weight excluding hydrogens is 274 g/mol. The highest BCUT2D eigenvalue weighted by Crippen LogP contribution is 2.23. The molecule has 0 unspecified atom stereocenters. The van der Waals surface area contributed by atoms with Gasteiger partial charge in [0.25, 0.3) is 0 Å². The van der Waals surface area contributed by atoms with E-state index in [1.54, 1.807) is 0 Å². The van der Waals surface area contributed by atoms with Crippen molar-refractivity contribution in [1.82, 2.24) is 0 Å². The summed E-state index contributed by atoms with van der Waals surface area (Å²) >= 11 is 3.55. The Labute approximate surface area is 111 Å². The van der Waals surface area contributed by atoms with Crippen molar-refractivity contribution < 1.29 is 0 Å². The average molecular weight is 290 g/mol. The van der Waals surface area contributed by atoms with Crippen LogP contribution in [0.1, 0.15) is 11.1 Å². The first-order valence-electron chi connectivity index (χ1n) is 5.79. The maximum Gasteiger partial charge on any atom is 0.0487 e. The van der Waals surface area contributed by atoms with E-state index in [2.05, 4.69) is 70.6 Å². The summed E-state index contributed by atoms with van der Waals surface area (Å²) in [5.41, 5.74) is 3.81. The van der Waals surface area contributed by atoms with Crippen molar-refractivity contribution in [3.63, 3.8) is 0 Å². The van der Waals surface area contributed by atoms with E-state index in [1.807, 2.05) is 6.07 Å². The first-order valence-corrected chi connectivity index (χ1v) is 6.59. The van der Waals surface area contributed by atoms with E-state index in [1.165, 1.54) is 16.8 Å². The van der Waals surface area contributed by atoms with E-state index in [9.17, 15) is 0 Å². The van der Waals surface area contributed by atoms with E-state index in [-0.39, 0.29) is 0 Å². The fourth-order valence-electron chi connectivity index (χ4n) is 1.76. The molecule has 0 aliphatic rings. The summed E-state index contributed by atoms with van der Waals surface area (Å²) in [6, 6.07) is 16.9. The van der Waals surface area contributed by atoms with Crippen LogP contribution in [-0.2, 0) is 6.42 Å². The van der Waals surface area contributed by atoms with Crippen LogP contribution in [0.25, 0.3) is 0 Å². The topological polar surface area (TPSA) is 12.0 Å². The average Bonchev–Trinajstić information content (AvgIpc) is 2.35. The Morgan fingerprint density at radius 3 is 2.59 bits per heavy atom. The summed E-state index contributed by atoms with van der Waals surface area (Å²) in [5.74, 6) is 0. The second-order valence-electron chi connectivity index (χ2n) is 4.15. The molecule has 0 spiro atoms. The number of anilines is 1. The zero-order chi connectivity index (χ0) is 12.1. The summed E-state index contributed by atoms with van der Waals surface area (Å²) in [4.78, 5) is 0. The van der Waals surface area contributed by atoms with Gasteiger partial charge in [0.15, 0.2) is 0 Å². The highest BCUT2D eigenvalue weighted by atomic mass is 79.9. The molecule has 1 nitrogen and oxygen atoms in total. The Morgan fingerprint density at radius 2 is 1.82 bits per heavy atom. The van der Waals surface area contributed by atoms with Gasteiger partial charge < -0.3 is 5.32 Å². The van der Waals surface area contributed by atoms with Gasteiger partial charge in [-0.2, -0.15) is 0 Å². The van der Waals surface area contributed by atoms with Crippen molar-refractivity contribution in [3.8, 4) is 0 Å². The van der Waals surface area contributed by atoms with Gasteiger partial charge >= 0.3 is 0 Å². The molecule has 0 saturated heterocycles. The molecule has 0 heterocycles. The molecule has 2 rings (SSSR count). The van der Waals surface area contributed by atoms with Gasteiger partial charge in [0.1, 0.15) is 0 Å². The molecule has 0 aliphatic heterocycles. The normalized spacial score (nSPS) is 10.2. The molecule has 2 heteroatoms. The summed E-state index contributed by atoms with van der Waals surface area (Å²) in [6.45, 7) is 3.06. The molecule has 0 aromatic heterocycles. The molecule has 0 radical (unpaired) electrons. The number of aryl methyl sites for hydroxylation is 1. The van der Waals surface area contributed by atoms with Gasteiger partial charge in [-0.25, -0.2) is 0 Å². The van der Waals surface area contributed by atoms with Gasteiger partial charge in [0.2, 0.25) is 0 Å². The number of nitrogens with one attached hydrogen (secondary N) is 1. The van der Waals surface area contributed by atoms with Crippen LogP contribution in [0.2, 0.25) is 0 Å². The second kappa shape index (κ2) is 5.87. The fourth-order valence-corrected chi connectivity index (χ4v) is 2.15. The zero-order valence-corrected chi connectivity index (χ0v) is 11.5. The molecule has 0 saturated carbocycles. The molecule has 0 bridgehead atoms. The Bertz CT molecular complexity index is 480. The van der Waals surface area contributed by atoms with E-state index in [0.29, 0.717) is 0 Å². The maximum atomic E-state index is 3.55. The van der Waals surface area contributed by atoms with Gasteiger partial charge in [-0.05, 0) is 52.5 Å². The summed E-state index contributed by atoms with van der Waals surface area (Å²) in [5, 5.41) is 3.46.